The van der Waals surface area contributed by atoms with Gasteiger partial charge >= 0.3 is 0 Å². The van der Waals surface area contributed by atoms with Crippen LogP contribution in [-0.4, -0.2) is 27.0 Å². The van der Waals surface area contributed by atoms with Gasteiger partial charge in [0.15, 0.2) is 21.3 Å². The summed E-state index contributed by atoms with van der Waals surface area (Å²) in [5.74, 6) is 0.945. The van der Waals surface area contributed by atoms with Crippen molar-refractivity contribution >= 4 is 9.84 Å². The molecule has 1 aliphatic rings. The van der Waals surface area contributed by atoms with Gasteiger partial charge < -0.3 is 15.2 Å². The Balaban J connectivity index is 2.25. The fourth-order valence-corrected chi connectivity index (χ4v) is 3.38. The van der Waals surface area contributed by atoms with E-state index in [1.165, 1.54) is 12.1 Å². The number of hydrogen-bond donors (Lipinski definition) is 1. The van der Waals surface area contributed by atoms with Gasteiger partial charge in [0.2, 0.25) is 6.79 Å². The van der Waals surface area contributed by atoms with Gasteiger partial charge in [-0.05, 0) is 17.5 Å². The Morgan fingerprint density at radius 1 is 1.26 bits per heavy atom. The van der Waals surface area contributed by atoms with Gasteiger partial charge in [0, 0.05) is 12.1 Å². The van der Waals surface area contributed by atoms with Crippen molar-refractivity contribution in [3.05, 3.63) is 18.2 Å². The Labute approximate surface area is 113 Å². The maximum absolute atomic E-state index is 12.3. The topological polar surface area (TPSA) is 78.6 Å². The molecule has 6 heteroatoms. The Kier molecular flexibility index (Phi) is 3.49. The number of hydrogen-bond acceptors (Lipinski definition) is 5. The first kappa shape index (κ1) is 14.1. The van der Waals surface area contributed by atoms with Gasteiger partial charge in [0.05, 0.1) is 10.6 Å². The van der Waals surface area contributed by atoms with Crippen LogP contribution in [0.25, 0.3) is 0 Å². The molecule has 0 amide bonds. The lowest BCUT2D eigenvalue weighted by molar-refractivity contribution is 0.174. The third kappa shape index (κ3) is 3.01. The van der Waals surface area contributed by atoms with Gasteiger partial charge in [-0.3, -0.25) is 0 Å². The largest absolute Gasteiger partial charge is 0.454 e. The summed E-state index contributed by atoms with van der Waals surface area (Å²) in [6.45, 7) is 5.90. The molecule has 0 spiro atoms. The molecule has 0 aromatic heterocycles. The van der Waals surface area contributed by atoms with E-state index in [9.17, 15) is 8.42 Å². The van der Waals surface area contributed by atoms with E-state index in [1.807, 2.05) is 20.8 Å². The first-order valence-electron chi connectivity index (χ1n) is 6.08. The van der Waals surface area contributed by atoms with E-state index in [0.29, 0.717) is 11.5 Å². The van der Waals surface area contributed by atoms with Crippen molar-refractivity contribution in [1.29, 1.82) is 0 Å². The van der Waals surface area contributed by atoms with E-state index >= 15 is 0 Å². The minimum atomic E-state index is -3.42. The molecule has 1 unspecified atom stereocenters. The zero-order chi connectivity index (χ0) is 14.3. The third-order valence-electron chi connectivity index (χ3n) is 3.21. The molecule has 1 heterocycles. The number of fused-ring (bicyclic) bond motifs is 1. The van der Waals surface area contributed by atoms with Gasteiger partial charge in [-0.15, -0.1) is 0 Å². The Bertz CT molecular complexity index is 575. The van der Waals surface area contributed by atoms with Crippen molar-refractivity contribution in [2.75, 3.05) is 12.5 Å². The van der Waals surface area contributed by atoms with Crippen molar-refractivity contribution in [3.63, 3.8) is 0 Å². The normalized spacial score (nSPS) is 16.4. The predicted octanol–water partition coefficient (Wildman–Crippen LogP) is 1.56. The third-order valence-corrected chi connectivity index (χ3v) is 4.98. The fraction of sp³-hybridized carbons (Fsp3) is 0.538. The van der Waals surface area contributed by atoms with E-state index in [-0.39, 0.29) is 22.9 Å². The average molecular weight is 285 g/mol. The van der Waals surface area contributed by atoms with Crippen LogP contribution in [-0.2, 0) is 9.84 Å². The molecule has 0 saturated heterocycles. The van der Waals surface area contributed by atoms with Crippen molar-refractivity contribution in [2.24, 2.45) is 11.1 Å². The molecule has 0 saturated carbocycles. The second kappa shape index (κ2) is 4.68. The highest BCUT2D eigenvalue weighted by molar-refractivity contribution is 7.91. The molecule has 5 nitrogen and oxygen atoms in total. The van der Waals surface area contributed by atoms with Crippen molar-refractivity contribution in [1.82, 2.24) is 0 Å². The lowest BCUT2D eigenvalue weighted by Gasteiger charge is -2.26. The van der Waals surface area contributed by atoms with E-state index in [0.717, 1.165) is 0 Å². The number of benzene rings is 1. The van der Waals surface area contributed by atoms with Crippen LogP contribution >= 0.6 is 0 Å². The van der Waals surface area contributed by atoms with Crippen molar-refractivity contribution in [2.45, 2.75) is 31.7 Å². The number of sulfone groups is 1. The summed E-state index contributed by atoms with van der Waals surface area (Å²) >= 11 is 0. The van der Waals surface area contributed by atoms with Crippen LogP contribution in [0.5, 0.6) is 11.5 Å². The first-order valence-corrected chi connectivity index (χ1v) is 7.73. The van der Waals surface area contributed by atoms with Crippen LogP contribution in [0.3, 0.4) is 0 Å². The summed E-state index contributed by atoms with van der Waals surface area (Å²) in [7, 11) is -3.42. The van der Waals surface area contributed by atoms with E-state index in [1.54, 1.807) is 6.07 Å². The summed E-state index contributed by atoms with van der Waals surface area (Å²) in [6.07, 6.45) is 0. The smallest absolute Gasteiger partial charge is 0.231 e. The average Bonchev–Trinajstić information content (AvgIpc) is 2.73. The van der Waals surface area contributed by atoms with E-state index in [4.69, 9.17) is 15.2 Å². The molecule has 106 valence electrons. The summed E-state index contributed by atoms with van der Waals surface area (Å²) < 4.78 is 35.0. The van der Waals surface area contributed by atoms with Gasteiger partial charge in [-0.1, -0.05) is 20.8 Å². The molecule has 1 aliphatic heterocycles. The Morgan fingerprint density at radius 3 is 2.53 bits per heavy atom. The van der Waals surface area contributed by atoms with Gasteiger partial charge in [-0.2, -0.15) is 0 Å². The highest BCUT2D eigenvalue weighted by Gasteiger charge is 2.28. The second-order valence-electron chi connectivity index (χ2n) is 5.77. The molecule has 19 heavy (non-hydrogen) atoms. The van der Waals surface area contributed by atoms with Crippen molar-refractivity contribution in [3.8, 4) is 11.5 Å². The van der Waals surface area contributed by atoms with Crippen LogP contribution in [0.2, 0.25) is 0 Å². The first-order chi connectivity index (χ1) is 8.70. The maximum Gasteiger partial charge on any atom is 0.231 e. The number of rotatable bonds is 3. The summed E-state index contributed by atoms with van der Waals surface area (Å²) in [5.41, 5.74) is 5.69. The lowest BCUT2D eigenvalue weighted by atomic mass is 9.89. The maximum atomic E-state index is 12.3. The zero-order valence-electron chi connectivity index (χ0n) is 11.3. The molecule has 0 fully saturated rings. The molecule has 1 aromatic rings. The summed E-state index contributed by atoms with van der Waals surface area (Å²) in [6, 6.07) is 4.20. The van der Waals surface area contributed by atoms with E-state index < -0.39 is 15.9 Å². The minimum Gasteiger partial charge on any atom is -0.454 e. The van der Waals surface area contributed by atoms with Crippen LogP contribution in [0.15, 0.2) is 23.1 Å². The Morgan fingerprint density at radius 2 is 1.89 bits per heavy atom. The van der Waals surface area contributed by atoms with Crippen LogP contribution in [0.4, 0.5) is 0 Å². The van der Waals surface area contributed by atoms with Gasteiger partial charge in [0.25, 0.3) is 0 Å². The molecular formula is C13H19NO4S. The number of nitrogens with two attached hydrogens (primary N) is 1. The molecule has 2 N–H and O–H groups in total. The number of ether oxygens (including phenoxy) is 2. The van der Waals surface area contributed by atoms with E-state index in [2.05, 4.69) is 0 Å². The molecule has 2 rings (SSSR count). The molecule has 0 radical (unpaired) electrons. The van der Waals surface area contributed by atoms with Gasteiger partial charge in [-0.25, -0.2) is 8.42 Å². The Hall–Kier alpha value is -1.27. The fourth-order valence-electron chi connectivity index (χ4n) is 1.65. The SMILES string of the molecule is CC(C)(C)C(N)CS(=O)(=O)c1ccc2c(c1)OCO2. The van der Waals surface area contributed by atoms with Crippen molar-refractivity contribution < 1.29 is 17.9 Å². The highest BCUT2D eigenvalue weighted by Crippen LogP contribution is 2.34. The lowest BCUT2D eigenvalue weighted by Crippen LogP contribution is -2.41. The standard InChI is InChI=1S/C13H19NO4S/c1-13(2,3)12(14)7-19(15,16)9-4-5-10-11(6-9)18-8-17-10/h4-6,12H,7-8,14H2,1-3H3. The van der Waals surface area contributed by atoms with Crippen LogP contribution < -0.4 is 15.2 Å². The molecule has 0 aliphatic carbocycles. The quantitative estimate of drug-likeness (QED) is 0.912. The van der Waals surface area contributed by atoms with Gasteiger partial charge in [0.1, 0.15) is 0 Å². The second-order valence-corrected chi connectivity index (χ2v) is 7.80. The monoisotopic (exact) mass is 285 g/mol. The molecule has 1 atom stereocenters. The molecule has 0 bridgehead atoms. The minimum absolute atomic E-state index is 0.0872. The summed E-state index contributed by atoms with van der Waals surface area (Å²) in [5, 5.41) is 0. The zero-order valence-corrected chi connectivity index (χ0v) is 12.2. The highest BCUT2D eigenvalue weighted by atomic mass is 32.2. The van der Waals surface area contributed by atoms with Crippen LogP contribution in [0, 0.1) is 5.41 Å². The predicted molar refractivity (Wildman–Crippen MR) is 72.0 cm³/mol. The molecule has 1 aromatic carbocycles. The summed E-state index contributed by atoms with van der Waals surface area (Å²) in [4.78, 5) is 0.219. The molecular weight excluding hydrogens is 266 g/mol. The van der Waals surface area contributed by atoms with Crippen LogP contribution in [0.1, 0.15) is 20.8 Å².